The van der Waals surface area contributed by atoms with Gasteiger partial charge in [0, 0.05) is 0 Å². The van der Waals surface area contributed by atoms with Gasteiger partial charge >= 0.3 is 5.70 Å². The molecular weight excluding hydrogens is 154 g/mol. The summed E-state index contributed by atoms with van der Waals surface area (Å²) in [6, 6.07) is 0. The van der Waals surface area contributed by atoms with E-state index in [1.54, 1.807) is 0 Å². The van der Waals surface area contributed by atoms with Gasteiger partial charge in [0.1, 0.15) is 18.2 Å². The number of halogens is 1. The predicted octanol–water partition coefficient (Wildman–Crippen LogP) is 1.64. The Bertz CT molecular complexity index is 252. The van der Waals surface area contributed by atoms with Crippen LogP contribution in [0.4, 0.5) is 0 Å². The second-order valence-electron chi connectivity index (χ2n) is 1.65. The topological polar surface area (TPSA) is 43.1 Å². The van der Waals surface area contributed by atoms with Crippen LogP contribution in [-0.2, 0) is 0 Å². The van der Waals surface area contributed by atoms with E-state index >= 15 is 0 Å². The second-order valence-corrected chi connectivity index (χ2v) is 2.06. The molecule has 50 valence electrons. The minimum atomic E-state index is -0.500. The fraction of sp³-hybridized carbons (Fsp3) is 0. The third kappa shape index (κ3) is 1.41. The molecule has 0 N–H and O–H groups in total. The van der Waals surface area contributed by atoms with Gasteiger partial charge in [0.15, 0.2) is 0 Å². The standard InChI is InChI=1S/C6H3ClNO2/c7-5-2-1-3-6(4-5)8(9)10/h1,3-4H/q+1. The van der Waals surface area contributed by atoms with Crippen LogP contribution >= 0.6 is 11.6 Å². The Balaban J connectivity index is 2.93. The van der Waals surface area contributed by atoms with Crippen molar-refractivity contribution in [2.45, 2.75) is 0 Å². The number of nitro groups is 1. The van der Waals surface area contributed by atoms with Crippen LogP contribution in [0.2, 0.25) is 0 Å². The molecule has 0 aromatic heterocycles. The van der Waals surface area contributed by atoms with Crippen molar-refractivity contribution in [1.29, 1.82) is 0 Å². The molecule has 0 spiro atoms. The summed E-state index contributed by atoms with van der Waals surface area (Å²) in [6.07, 6.45) is 6.60. The third-order valence-corrected chi connectivity index (χ3v) is 1.18. The van der Waals surface area contributed by atoms with Gasteiger partial charge in [-0.3, -0.25) is 10.1 Å². The summed E-state index contributed by atoms with van der Waals surface area (Å²) in [5.74, 6) is 0. The van der Waals surface area contributed by atoms with E-state index in [1.165, 1.54) is 18.2 Å². The Morgan fingerprint density at radius 3 is 2.80 bits per heavy atom. The highest BCUT2D eigenvalue weighted by molar-refractivity contribution is 6.31. The minimum absolute atomic E-state index is 0.0104. The van der Waals surface area contributed by atoms with Crippen molar-refractivity contribution in [1.82, 2.24) is 0 Å². The van der Waals surface area contributed by atoms with Gasteiger partial charge in [0.25, 0.3) is 0 Å². The predicted molar refractivity (Wildman–Crippen MR) is 36.8 cm³/mol. The van der Waals surface area contributed by atoms with E-state index in [0.29, 0.717) is 0 Å². The minimum Gasteiger partial charge on any atom is -0.256 e. The van der Waals surface area contributed by atoms with Gasteiger partial charge in [-0.25, -0.2) is 0 Å². The first-order chi connectivity index (χ1) is 4.70. The summed E-state index contributed by atoms with van der Waals surface area (Å²) < 4.78 is 0. The average Bonchev–Trinajstić information content (AvgIpc) is 1.88. The molecule has 0 aliphatic heterocycles. The van der Waals surface area contributed by atoms with Crippen LogP contribution in [0.15, 0.2) is 29.0 Å². The molecule has 0 unspecified atom stereocenters. The highest BCUT2D eigenvalue weighted by atomic mass is 35.5. The molecular formula is C6H3ClNO2+. The molecule has 0 saturated carbocycles. The molecule has 1 aliphatic rings. The van der Waals surface area contributed by atoms with Gasteiger partial charge in [-0.05, 0) is 11.6 Å². The first-order valence-corrected chi connectivity index (χ1v) is 2.89. The van der Waals surface area contributed by atoms with Crippen LogP contribution < -0.4 is 0 Å². The first-order valence-electron chi connectivity index (χ1n) is 2.52. The lowest BCUT2D eigenvalue weighted by Gasteiger charge is -1.85. The third-order valence-electron chi connectivity index (χ3n) is 0.961. The largest absolute Gasteiger partial charge is 0.375 e. The van der Waals surface area contributed by atoms with Crippen molar-refractivity contribution in [3.8, 4) is 0 Å². The van der Waals surface area contributed by atoms with Gasteiger partial charge in [-0.2, -0.15) is 0 Å². The molecule has 4 heteroatoms. The summed E-state index contributed by atoms with van der Waals surface area (Å²) in [5.41, 5.74) is -0.0104. The molecule has 0 heterocycles. The molecule has 0 saturated heterocycles. The summed E-state index contributed by atoms with van der Waals surface area (Å²) in [5, 5.41) is 10.3. The molecule has 10 heavy (non-hydrogen) atoms. The summed E-state index contributed by atoms with van der Waals surface area (Å²) in [7, 11) is 0. The van der Waals surface area contributed by atoms with E-state index in [2.05, 4.69) is 6.08 Å². The second kappa shape index (κ2) is 2.60. The molecule has 1 aliphatic carbocycles. The van der Waals surface area contributed by atoms with E-state index < -0.39 is 4.92 Å². The molecule has 1 rings (SSSR count). The number of hydrogen-bond acceptors (Lipinski definition) is 2. The zero-order chi connectivity index (χ0) is 7.56. The average molecular weight is 157 g/mol. The Hall–Kier alpha value is -1.18. The lowest BCUT2D eigenvalue weighted by atomic mass is 10.2. The fourth-order valence-electron chi connectivity index (χ4n) is 0.540. The normalized spacial score (nSPS) is 15.3. The number of allylic oxidation sites excluding steroid dienone is 5. The van der Waals surface area contributed by atoms with Crippen LogP contribution in [0, 0.1) is 16.2 Å². The van der Waals surface area contributed by atoms with Gasteiger partial charge in [-0.1, -0.05) is 0 Å². The maximum Gasteiger partial charge on any atom is 0.375 e. The Morgan fingerprint density at radius 1 is 1.70 bits per heavy atom. The van der Waals surface area contributed by atoms with Gasteiger partial charge in [0.2, 0.25) is 5.03 Å². The molecule has 0 radical (unpaired) electrons. The van der Waals surface area contributed by atoms with Crippen molar-refractivity contribution in [2.24, 2.45) is 0 Å². The molecule has 0 atom stereocenters. The smallest absolute Gasteiger partial charge is 0.256 e. The van der Waals surface area contributed by atoms with Crippen molar-refractivity contribution < 1.29 is 4.92 Å². The summed E-state index contributed by atoms with van der Waals surface area (Å²) in [4.78, 5) is 9.59. The molecule has 0 aromatic rings. The fourth-order valence-corrected chi connectivity index (χ4v) is 0.715. The van der Waals surface area contributed by atoms with Crippen LogP contribution in [0.25, 0.3) is 0 Å². The molecule has 0 aromatic carbocycles. The van der Waals surface area contributed by atoms with E-state index in [1.807, 2.05) is 0 Å². The van der Waals surface area contributed by atoms with Crippen molar-refractivity contribution in [2.75, 3.05) is 0 Å². The number of rotatable bonds is 1. The molecule has 0 fully saturated rings. The maximum atomic E-state index is 10.1. The lowest BCUT2D eigenvalue weighted by Crippen LogP contribution is -1.96. The van der Waals surface area contributed by atoms with Crippen LogP contribution in [0.5, 0.6) is 0 Å². The van der Waals surface area contributed by atoms with Crippen LogP contribution in [-0.4, -0.2) is 4.92 Å². The highest BCUT2D eigenvalue weighted by Crippen LogP contribution is 2.12. The quantitative estimate of drug-likeness (QED) is 0.329. The number of hydrogen-bond donors (Lipinski definition) is 0. The maximum absolute atomic E-state index is 10.1. The van der Waals surface area contributed by atoms with E-state index in [-0.39, 0.29) is 10.7 Å². The molecule has 0 amide bonds. The van der Waals surface area contributed by atoms with Crippen LogP contribution in [0.3, 0.4) is 0 Å². The Labute approximate surface area is 62.4 Å². The molecule has 3 nitrogen and oxygen atoms in total. The SMILES string of the molecule is O=[N+]([O-])C1=CC(Cl)=[C+]C=C1. The van der Waals surface area contributed by atoms with E-state index in [4.69, 9.17) is 11.6 Å². The zero-order valence-electron chi connectivity index (χ0n) is 4.87. The summed E-state index contributed by atoms with van der Waals surface area (Å²) >= 11 is 5.43. The highest BCUT2D eigenvalue weighted by Gasteiger charge is 2.17. The van der Waals surface area contributed by atoms with Crippen LogP contribution in [0.1, 0.15) is 0 Å². The monoisotopic (exact) mass is 156 g/mol. The van der Waals surface area contributed by atoms with E-state index in [0.717, 1.165) is 0 Å². The number of nitrogens with zero attached hydrogens (tertiary/aromatic N) is 1. The Morgan fingerprint density at radius 2 is 2.40 bits per heavy atom. The first kappa shape index (κ1) is 6.93. The zero-order valence-corrected chi connectivity index (χ0v) is 5.63. The summed E-state index contributed by atoms with van der Waals surface area (Å²) in [6.45, 7) is 0. The van der Waals surface area contributed by atoms with Gasteiger partial charge in [0.05, 0.1) is 11.0 Å². The molecule has 0 bridgehead atoms. The Kier molecular flexibility index (Phi) is 1.81. The van der Waals surface area contributed by atoms with Gasteiger partial charge < -0.3 is 0 Å². The van der Waals surface area contributed by atoms with E-state index in [9.17, 15) is 10.1 Å². The van der Waals surface area contributed by atoms with Crippen molar-refractivity contribution >= 4 is 11.6 Å². The van der Waals surface area contributed by atoms with Crippen molar-refractivity contribution in [3.05, 3.63) is 45.1 Å². The van der Waals surface area contributed by atoms with Gasteiger partial charge in [-0.15, -0.1) is 0 Å². The lowest BCUT2D eigenvalue weighted by molar-refractivity contribution is -0.419. The van der Waals surface area contributed by atoms with Crippen molar-refractivity contribution in [3.63, 3.8) is 0 Å².